The Morgan fingerprint density at radius 3 is 2.48 bits per heavy atom. The number of benzene rings is 1. The molecule has 0 amide bonds. The molecule has 0 radical (unpaired) electrons. The quantitative estimate of drug-likeness (QED) is 0.676. The first-order valence-corrected chi connectivity index (χ1v) is 10.6. The minimum Gasteiger partial charge on any atom is -0.507 e. The molecule has 152 valence electrons. The van der Waals surface area contributed by atoms with Crippen molar-refractivity contribution >= 4 is 11.8 Å². The molecule has 1 aromatic carbocycles. The molecule has 3 heterocycles. The molecular weight excluding hydrogens is 384 g/mol. The molecule has 2 aromatic heterocycles. The molecule has 7 nitrogen and oxygen atoms in total. The van der Waals surface area contributed by atoms with Gasteiger partial charge in [-0.15, -0.1) is 10.2 Å². The summed E-state index contributed by atoms with van der Waals surface area (Å²) in [4.78, 5) is 8.48. The van der Waals surface area contributed by atoms with Crippen molar-refractivity contribution in [1.82, 2.24) is 30.0 Å². The molecule has 29 heavy (non-hydrogen) atoms. The minimum atomic E-state index is 0.0863. The van der Waals surface area contributed by atoms with Crippen molar-refractivity contribution in [3.8, 4) is 22.8 Å². The van der Waals surface area contributed by atoms with Gasteiger partial charge in [-0.1, -0.05) is 11.8 Å². The average molecular weight is 411 g/mol. The van der Waals surface area contributed by atoms with Crippen molar-refractivity contribution in [2.45, 2.75) is 61.9 Å². The van der Waals surface area contributed by atoms with Crippen LogP contribution in [-0.4, -0.2) is 46.2 Å². The standard InChI is InChI=1S/C21H26N6OS/c1-20(2)10-15(11-21(3,4)26-20)29-18-12-23-19(25-24-18)16-6-5-14(9-17(16)28)27-8-7-22-13-27/h5-9,12-13,15,26,28H,10-11H2,1-4H3. The third-order valence-corrected chi connectivity index (χ3v) is 6.10. The number of phenolic OH excluding ortho intramolecular Hbond substituents is 1. The number of hydrogen-bond donors (Lipinski definition) is 2. The van der Waals surface area contributed by atoms with Gasteiger partial charge in [0.15, 0.2) is 5.82 Å². The van der Waals surface area contributed by atoms with Gasteiger partial charge in [0, 0.05) is 34.8 Å². The number of nitrogens with zero attached hydrogens (tertiary/aromatic N) is 5. The number of imidazole rings is 1. The first kappa shape index (κ1) is 19.8. The van der Waals surface area contributed by atoms with E-state index in [-0.39, 0.29) is 16.8 Å². The summed E-state index contributed by atoms with van der Waals surface area (Å²) in [6, 6.07) is 5.36. The van der Waals surface area contributed by atoms with E-state index in [9.17, 15) is 5.11 Å². The van der Waals surface area contributed by atoms with Crippen LogP contribution in [-0.2, 0) is 0 Å². The fourth-order valence-electron chi connectivity index (χ4n) is 4.21. The number of aromatic nitrogens is 5. The molecule has 1 aliphatic rings. The van der Waals surface area contributed by atoms with Crippen molar-refractivity contribution in [2.24, 2.45) is 0 Å². The summed E-state index contributed by atoms with van der Waals surface area (Å²) in [5, 5.41) is 24.0. The van der Waals surface area contributed by atoms with Crippen LogP contribution in [0.3, 0.4) is 0 Å². The Morgan fingerprint density at radius 1 is 1.14 bits per heavy atom. The highest BCUT2D eigenvalue weighted by Crippen LogP contribution is 2.38. The van der Waals surface area contributed by atoms with E-state index in [2.05, 4.69) is 53.2 Å². The highest BCUT2D eigenvalue weighted by Gasteiger charge is 2.38. The molecule has 0 unspecified atom stereocenters. The molecule has 0 bridgehead atoms. The van der Waals surface area contributed by atoms with Gasteiger partial charge in [0.1, 0.15) is 10.8 Å². The van der Waals surface area contributed by atoms with Crippen LogP contribution >= 0.6 is 11.8 Å². The van der Waals surface area contributed by atoms with Gasteiger partial charge in [-0.3, -0.25) is 0 Å². The van der Waals surface area contributed by atoms with E-state index >= 15 is 0 Å². The lowest BCUT2D eigenvalue weighted by Gasteiger charge is -2.46. The van der Waals surface area contributed by atoms with Crippen LogP contribution in [0.1, 0.15) is 40.5 Å². The number of piperidine rings is 1. The van der Waals surface area contributed by atoms with Gasteiger partial charge in [0.05, 0.1) is 23.8 Å². The van der Waals surface area contributed by atoms with E-state index in [1.54, 1.807) is 42.6 Å². The summed E-state index contributed by atoms with van der Waals surface area (Å²) < 4.78 is 1.82. The Bertz CT molecular complexity index is 969. The molecule has 1 aliphatic heterocycles. The van der Waals surface area contributed by atoms with Gasteiger partial charge in [-0.25, -0.2) is 9.97 Å². The van der Waals surface area contributed by atoms with E-state index in [1.807, 2.05) is 16.8 Å². The van der Waals surface area contributed by atoms with Gasteiger partial charge in [0.2, 0.25) is 0 Å². The Kier molecular flexibility index (Phi) is 5.08. The first-order valence-electron chi connectivity index (χ1n) is 9.68. The molecule has 0 atom stereocenters. The lowest BCUT2D eigenvalue weighted by molar-refractivity contribution is 0.188. The lowest BCUT2D eigenvalue weighted by Crippen LogP contribution is -2.58. The molecule has 4 rings (SSSR count). The van der Waals surface area contributed by atoms with Crippen LogP contribution in [0.25, 0.3) is 17.1 Å². The van der Waals surface area contributed by atoms with E-state index in [0.29, 0.717) is 16.6 Å². The zero-order valence-electron chi connectivity index (χ0n) is 17.1. The monoisotopic (exact) mass is 410 g/mol. The van der Waals surface area contributed by atoms with Crippen molar-refractivity contribution < 1.29 is 5.11 Å². The Balaban J connectivity index is 1.50. The number of rotatable bonds is 4. The second-order valence-corrected chi connectivity index (χ2v) is 10.2. The Hall–Kier alpha value is -2.45. The lowest BCUT2D eigenvalue weighted by atomic mass is 9.82. The summed E-state index contributed by atoms with van der Waals surface area (Å²) in [5.41, 5.74) is 1.55. The highest BCUT2D eigenvalue weighted by molar-refractivity contribution is 7.99. The summed E-state index contributed by atoms with van der Waals surface area (Å²) in [7, 11) is 0. The molecule has 1 saturated heterocycles. The predicted octanol–water partition coefficient (Wildman–Crippen LogP) is 3.83. The van der Waals surface area contributed by atoms with Crippen LogP contribution in [0, 0.1) is 0 Å². The summed E-state index contributed by atoms with van der Waals surface area (Å²) in [6.07, 6.45) is 9.06. The SMILES string of the molecule is CC1(C)CC(Sc2cnc(-c3ccc(-n4ccnc4)cc3O)nn2)CC(C)(C)N1. The number of hydrogen-bond acceptors (Lipinski definition) is 7. The molecule has 1 fully saturated rings. The van der Waals surface area contributed by atoms with Crippen LogP contribution in [0.4, 0.5) is 0 Å². The molecule has 2 N–H and O–H groups in total. The fourth-order valence-corrected chi connectivity index (χ4v) is 5.75. The maximum Gasteiger partial charge on any atom is 0.185 e. The molecule has 0 saturated carbocycles. The largest absolute Gasteiger partial charge is 0.507 e. The van der Waals surface area contributed by atoms with Gasteiger partial charge < -0.3 is 15.0 Å². The van der Waals surface area contributed by atoms with E-state index < -0.39 is 0 Å². The summed E-state index contributed by atoms with van der Waals surface area (Å²) in [6.45, 7) is 8.96. The summed E-state index contributed by atoms with van der Waals surface area (Å²) in [5.74, 6) is 0.523. The van der Waals surface area contributed by atoms with Crippen molar-refractivity contribution in [1.29, 1.82) is 0 Å². The Labute approximate surface area is 175 Å². The molecular formula is C21H26N6OS. The van der Waals surface area contributed by atoms with E-state index in [0.717, 1.165) is 23.6 Å². The molecule has 0 aliphatic carbocycles. The summed E-state index contributed by atoms with van der Waals surface area (Å²) >= 11 is 1.73. The first-order chi connectivity index (χ1) is 13.7. The van der Waals surface area contributed by atoms with Crippen LogP contribution in [0.2, 0.25) is 0 Å². The predicted molar refractivity (Wildman–Crippen MR) is 114 cm³/mol. The second kappa shape index (κ2) is 7.42. The second-order valence-electron chi connectivity index (χ2n) is 8.83. The van der Waals surface area contributed by atoms with Gasteiger partial charge in [0.25, 0.3) is 0 Å². The number of aromatic hydroxyl groups is 1. The zero-order valence-corrected chi connectivity index (χ0v) is 17.9. The maximum absolute atomic E-state index is 10.4. The van der Waals surface area contributed by atoms with Crippen molar-refractivity contribution in [2.75, 3.05) is 0 Å². The third-order valence-electron chi connectivity index (χ3n) is 5.01. The Morgan fingerprint density at radius 2 is 1.90 bits per heavy atom. The van der Waals surface area contributed by atoms with Gasteiger partial charge in [-0.2, -0.15) is 0 Å². The molecule has 8 heteroatoms. The maximum atomic E-state index is 10.4. The zero-order chi connectivity index (χ0) is 20.6. The van der Waals surface area contributed by atoms with E-state index in [4.69, 9.17) is 0 Å². The number of nitrogens with one attached hydrogen (secondary N) is 1. The van der Waals surface area contributed by atoms with Crippen molar-refractivity contribution in [3.63, 3.8) is 0 Å². The highest BCUT2D eigenvalue weighted by atomic mass is 32.2. The minimum absolute atomic E-state index is 0.0863. The van der Waals surface area contributed by atoms with Crippen LogP contribution in [0.5, 0.6) is 5.75 Å². The number of phenols is 1. The van der Waals surface area contributed by atoms with Crippen LogP contribution < -0.4 is 5.32 Å². The fraction of sp³-hybridized carbons (Fsp3) is 0.429. The van der Waals surface area contributed by atoms with Gasteiger partial charge in [-0.05, 0) is 52.7 Å². The normalized spacial score (nSPS) is 18.6. The topological polar surface area (TPSA) is 88.8 Å². The van der Waals surface area contributed by atoms with Crippen molar-refractivity contribution in [3.05, 3.63) is 43.1 Å². The van der Waals surface area contributed by atoms with E-state index in [1.165, 1.54) is 0 Å². The molecule has 3 aromatic rings. The third kappa shape index (κ3) is 4.59. The smallest absolute Gasteiger partial charge is 0.185 e. The van der Waals surface area contributed by atoms with Gasteiger partial charge >= 0.3 is 0 Å². The number of thioether (sulfide) groups is 1. The average Bonchev–Trinajstić information content (AvgIpc) is 3.14. The molecule has 0 spiro atoms. The van der Waals surface area contributed by atoms with Crippen LogP contribution in [0.15, 0.2) is 48.1 Å².